The molecule has 0 radical (unpaired) electrons. The van der Waals surface area contributed by atoms with Crippen molar-refractivity contribution in [3.63, 3.8) is 0 Å². The molecule has 1 rings (SSSR count). The molecule has 0 amide bonds. The fourth-order valence-electron chi connectivity index (χ4n) is 2.13. The largest absolute Gasteiger partial charge is 0.317 e. The highest BCUT2D eigenvalue weighted by molar-refractivity contribution is 7.11. The number of aryl methyl sites for hydroxylation is 2. The Morgan fingerprint density at radius 2 is 2.00 bits per heavy atom. The van der Waals surface area contributed by atoms with Crippen LogP contribution in [0.15, 0.2) is 0 Å². The van der Waals surface area contributed by atoms with Crippen LogP contribution < -0.4 is 5.32 Å². The molecule has 17 heavy (non-hydrogen) atoms. The molecule has 1 aromatic rings. The second-order valence-corrected chi connectivity index (χ2v) is 6.54. The third-order valence-corrected chi connectivity index (χ3v) is 4.12. The Labute approximate surface area is 110 Å². The zero-order valence-corrected chi connectivity index (χ0v) is 12.7. The Morgan fingerprint density at radius 3 is 2.47 bits per heavy atom. The topological polar surface area (TPSA) is 24.9 Å². The van der Waals surface area contributed by atoms with Crippen molar-refractivity contribution in [3.8, 4) is 0 Å². The van der Waals surface area contributed by atoms with E-state index in [1.165, 1.54) is 22.0 Å². The van der Waals surface area contributed by atoms with Crippen LogP contribution in [0.1, 0.15) is 42.8 Å². The van der Waals surface area contributed by atoms with E-state index in [-0.39, 0.29) is 0 Å². The Morgan fingerprint density at radius 1 is 1.29 bits per heavy atom. The highest BCUT2D eigenvalue weighted by Crippen LogP contribution is 2.22. The SMILES string of the molecule is CCNCC(Cc1nc(C)c(C)s1)CC(C)C. The maximum absolute atomic E-state index is 4.66. The normalized spacial score (nSPS) is 13.3. The number of hydrogen-bond acceptors (Lipinski definition) is 3. The minimum atomic E-state index is 0.722. The molecule has 1 atom stereocenters. The fourth-order valence-corrected chi connectivity index (χ4v) is 3.18. The van der Waals surface area contributed by atoms with E-state index in [2.05, 4.69) is 44.9 Å². The molecule has 0 aliphatic heterocycles. The van der Waals surface area contributed by atoms with Crippen molar-refractivity contribution in [2.45, 2.75) is 47.5 Å². The molecule has 1 N–H and O–H groups in total. The van der Waals surface area contributed by atoms with Gasteiger partial charge in [-0.3, -0.25) is 0 Å². The van der Waals surface area contributed by atoms with Crippen molar-refractivity contribution in [2.75, 3.05) is 13.1 Å². The number of nitrogens with one attached hydrogen (secondary N) is 1. The lowest BCUT2D eigenvalue weighted by Gasteiger charge is -2.18. The Bertz CT molecular complexity index is 311. The summed E-state index contributed by atoms with van der Waals surface area (Å²) in [5.74, 6) is 1.49. The van der Waals surface area contributed by atoms with E-state index in [0.29, 0.717) is 0 Å². The average molecular weight is 254 g/mol. The van der Waals surface area contributed by atoms with Crippen molar-refractivity contribution in [1.29, 1.82) is 0 Å². The van der Waals surface area contributed by atoms with Gasteiger partial charge in [-0.05, 0) is 45.2 Å². The number of rotatable bonds is 7. The minimum absolute atomic E-state index is 0.722. The Hall–Kier alpha value is -0.410. The zero-order valence-electron chi connectivity index (χ0n) is 11.8. The molecule has 1 heterocycles. The summed E-state index contributed by atoms with van der Waals surface area (Å²) in [6.45, 7) is 13.2. The first-order valence-corrected chi connectivity index (χ1v) is 7.48. The van der Waals surface area contributed by atoms with Gasteiger partial charge < -0.3 is 5.32 Å². The third kappa shape index (κ3) is 5.17. The van der Waals surface area contributed by atoms with E-state index in [0.717, 1.165) is 31.3 Å². The fraction of sp³-hybridized carbons (Fsp3) is 0.786. The summed E-state index contributed by atoms with van der Waals surface area (Å²) in [6, 6.07) is 0. The summed E-state index contributed by atoms with van der Waals surface area (Å²) in [4.78, 5) is 6.02. The van der Waals surface area contributed by atoms with Gasteiger partial charge in [-0.25, -0.2) is 4.98 Å². The third-order valence-electron chi connectivity index (χ3n) is 3.02. The highest BCUT2D eigenvalue weighted by atomic mass is 32.1. The maximum atomic E-state index is 4.66. The summed E-state index contributed by atoms with van der Waals surface area (Å²) >= 11 is 1.86. The van der Waals surface area contributed by atoms with Gasteiger partial charge in [0.15, 0.2) is 0 Å². The lowest BCUT2D eigenvalue weighted by Crippen LogP contribution is -2.25. The van der Waals surface area contributed by atoms with Gasteiger partial charge in [0.1, 0.15) is 0 Å². The van der Waals surface area contributed by atoms with E-state index in [9.17, 15) is 0 Å². The molecule has 0 saturated heterocycles. The van der Waals surface area contributed by atoms with Crippen molar-refractivity contribution in [3.05, 3.63) is 15.6 Å². The molecule has 0 aliphatic carbocycles. The van der Waals surface area contributed by atoms with Gasteiger partial charge in [-0.1, -0.05) is 20.8 Å². The standard InChI is InChI=1S/C14H26N2S/c1-6-15-9-13(7-10(2)3)8-14-16-11(4)12(5)17-14/h10,13,15H,6-9H2,1-5H3. The highest BCUT2D eigenvalue weighted by Gasteiger charge is 2.14. The molecule has 0 fully saturated rings. The quantitative estimate of drug-likeness (QED) is 0.804. The van der Waals surface area contributed by atoms with Gasteiger partial charge in [0.05, 0.1) is 10.7 Å². The van der Waals surface area contributed by atoms with Crippen LogP contribution in [0.2, 0.25) is 0 Å². The summed E-state index contributed by atoms with van der Waals surface area (Å²) in [7, 11) is 0. The monoisotopic (exact) mass is 254 g/mol. The van der Waals surface area contributed by atoms with Gasteiger partial charge in [0.2, 0.25) is 0 Å². The number of aromatic nitrogens is 1. The first-order valence-electron chi connectivity index (χ1n) is 6.66. The molecule has 98 valence electrons. The lowest BCUT2D eigenvalue weighted by atomic mass is 9.94. The van der Waals surface area contributed by atoms with Crippen LogP contribution in [-0.2, 0) is 6.42 Å². The molecular weight excluding hydrogens is 228 g/mol. The average Bonchev–Trinajstić information content (AvgIpc) is 2.54. The first-order chi connectivity index (χ1) is 8.02. The van der Waals surface area contributed by atoms with Crippen LogP contribution in [0.5, 0.6) is 0 Å². The molecule has 2 nitrogen and oxygen atoms in total. The van der Waals surface area contributed by atoms with Crippen LogP contribution in [0.4, 0.5) is 0 Å². The number of thiazole rings is 1. The summed E-state index contributed by atoms with van der Waals surface area (Å²) in [5.41, 5.74) is 1.21. The predicted octanol–water partition coefficient (Wildman–Crippen LogP) is 3.57. The van der Waals surface area contributed by atoms with Crippen LogP contribution in [-0.4, -0.2) is 18.1 Å². The second kappa shape index (κ2) is 7.12. The molecule has 0 spiro atoms. The molecule has 0 saturated carbocycles. The molecule has 0 aromatic carbocycles. The van der Waals surface area contributed by atoms with Crippen LogP contribution in [0, 0.1) is 25.7 Å². The van der Waals surface area contributed by atoms with Crippen LogP contribution in [0.25, 0.3) is 0 Å². The maximum Gasteiger partial charge on any atom is 0.0934 e. The van der Waals surface area contributed by atoms with Gasteiger partial charge in [0, 0.05) is 11.3 Å². The summed E-state index contributed by atoms with van der Waals surface area (Å²) < 4.78 is 0. The minimum Gasteiger partial charge on any atom is -0.317 e. The number of nitrogens with zero attached hydrogens (tertiary/aromatic N) is 1. The van der Waals surface area contributed by atoms with Crippen molar-refractivity contribution in [2.24, 2.45) is 11.8 Å². The van der Waals surface area contributed by atoms with Crippen LogP contribution in [0.3, 0.4) is 0 Å². The molecule has 0 aliphatic rings. The van der Waals surface area contributed by atoms with Crippen molar-refractivity contribution < 1.29 is 0 Å². The van der Waals surface area contributed by atoms with E-state index in [1.807, 2.05) is 11.3 Å². The van der Waals surface area contributed by atoms with Gasteiger partial charge in [0.25, 0.3) is 0 Å². The molecule has 1 unspecified atom stereocenters. The molecule has 1 aromatic heterocycles. The van der Waals surface area contributed by atoms with Crippen molar-refractivity contribution >= 4 is 11.3 Å². The van der Waals surface area contributed by atoms with E-state index in [4.69, 9.17) is 0 Å². The second-order valence-electron chi connectivity index (χ2n) is 5.26. The lowest BCUT2D eigenvalue weighted by molar-refractivity contribution is 0.388. The Balaban J connectivity index is 2.57. The van der Waals surface area contributed by atoms with Gasteiger partial charge in [-0.2, -0.15) is 0 Å². The van der Waals surface area contributed by atoms with Gasteiger partial charge in [-0.15, -0.1) is 11.3 Å². The zero-order chi connectivity index (χ0) is 12.8. The number of hydrogen-bond donors (Lipinski definition) is 1. The van der Waals surface area contributed by atoms with E-state index >= 15 is 0 Å². The van der Waals surface area contributed by atoms with E-state index < -0.39 is 0 Å². The molecule has 3 heteroatoms. The summed E-state index contributed by atoms with van der Waals surface area (Å²) in [5, 5.41) is 4.78. The molecular formula is C14H26N2S. The molecule has 0 bridgehead atoms. The van der Waals surface area contributed by atoms with Gasteiger partial charge >= 0.3 is 0 Å². The first kappa shape index (κ1) is 14.7. The van der Waals surface area contributed by atoms with Crippen molar-refractivity contribution in [1.82, 2.24) is 10.3 Å². The van der Waals surface area contributed by atoms with Crippen LogP contribution >= 0.6 is 11.3 Å². The predicted molar refractivity (Wildman–Crippen MR) is 76.8 cm³/mol. The smallest absolute Gasteiger partial charge is 0.0934 e. The Kier molecular flexibility index (Phi) is 6.14. The van der Waals surface area contributed by atoms with E-state index in [1.54, 1.807) is 0 Å². The summed E-state index contributed by atoms with van der Waals surface area (Å²) in [6.07, 6.45) is 2.41.